The molecule has 1 heterocycles. The summed E-state index contributed by atoms with van der Waals surface area (Å²) in [6.07, 6.45) is 0. The van der Waals surface area contributed by atoms with E-state index in [-0.39, 0.29) is 18.0 Å². The van der Waals surface area contributed by atoms with Gasteiger partial charge in [0.15, 0.2) is 12.4 Å². The third-order valence-corrected chi connectivity index (χ3v) is 4.38. The molecule has 0 aliphatic carbocycles. The molecule has 0 saturated carbocycles. The fourth-order valence-electron chi connectivity index (χ4n) is 3.03. The van der Waals surface area contributed by atoms with E-state index in [4.69, 9.17) is 13.9 Å². The van der Waals surface area contributed by atoms with Crippen molar-refractivity contribution in [3.05, 3.63) is 70.8 Å². The lowest BCUT2D eigenvalue weighted by molar-refractivity contribution is -0.385. The Bertz CT molecular complexity index is 1230. The molecule has 4 aromatic rings. The maximum atomic E-state index is 12.3. The maximum Gasteiger partial charge on any atom is 0.314 e. The van der Waals surface area contributed by atoms with Gasteiger partial charge in [0, 0.05) is 16.5 Å². The van der Waals surface area contributed by atoms with E-state index in [2.05, 4.69) is 5.32 Å². The number of hydrogen-bond donors (Lipinski definition) is 1. The summed E-state index contributed by atoms with van der Waals surface area (Å²) in [4.78, 5) is 22.9. The quantitative estimate of drug-likeness (QED) is 0.382. The lowest BCUT2D eigenvalue weighted by Crippen LogP contribution is -2.20. The minimum absolute atomic E-state index is 0.0118. The summed E-state index contributed by atoms with van der Waals surface area (Å²) >= 11 is 0. The molecule has 0 bridgehead atoms. The van der Waals surface area contributed by atoms with Crippen LogP contribution in [0.1, 0.15) is 0 Å². The molecule has 0 spiro atoms. The van der Waals surface area contributed by atoms with Crippen molar-refractivity contribution >= 4 is 39.2 Å². The van der Waals surface area contributed by atoms with Gasteiger partial charge in [-0.3, -0.25) is 14.9 Å². The molecule has 29 heavy (non-hydrogen) atoms. The van der Waals surface area contributed by atoms with Gasteiger partial charge < -0.3 is 19.2 Å². The van der Waals surface area contributed by atoms with Crippen molar-refractivity contribution in [2.24, 2.45) is 0 Å². The number of benzene rings is 3. The van der Waals surface area contributed by atoms with Gasteiger partial charge in [0.25, 0.3) is 5.91 Å². The summed E-state index contributed by atoms with van der Waals surface area (Å²) < 4.78 is 16.1. The molecule has 0 fully saturated rings. The van der Waals surface area contributed by atoms with Crippen molar-refractivity contribution in [1.29, 1.82) is 0 Å². The number of furan rings is 1. The van der Waals surface area contributed by atoms with Gasteiger partial charge in [-0.25, -0.2) is 0 Å². The van der Waals surface area contributed by atoms with Crippen molar-refractivity contribution in [2.75, 3.05) is 19.0 Å². The molecule has 0 aliphatic rings. The average molecular weight is 392 g/mol. The summed E-state index contributed by atoms with van der Waals surface area (Å²) in [6, 6.07) is 17.1. The van der Waals surface area contributed by atoms with Gasteiger partial charge in [-0.15, -0.1) is 0 Å². The minimum Gasteiger partial charge on any atom is -0.496 e. The molecule has 8 heteroatoms. The highest BCUT2D eigenvalue weighted by molar-refractivity contribution is 6.07. The van der Waals surface area contributed by atoms with Crippen LogP contribution in [0.3, 0.4) is 0 Å². The number of nitrogens with zero attached hydrogens (tertiary/aromatic N) is 1. The number of amides is 1. The van der Waals surface area contributed by atoms with E-state index >= 15 is 0 Å². The fourth-order valence-corrected chi connectivity index (χ4v) is 3.03. The number of fused-ring (bicyclic) bond motifs is 3. The summed E-state index contributed by atoms with van der Waals surface area (Å²) in [7, 11) is 1.41. The largest absolute Gasteiger partial charge is 0.496 e. The van der Waals surface area contributed by atoms with Crippen LogP contribution in [-0.2, 0) is 4.79 Å². The lowest BCUT2D eigenvalue weighted by atomic mass is 10.1. The third-order valence-electron chi connectivity index (χ3n) is 4.38. The van der Waals surface area contributed by atoms with Crippen LogP contribution in [0, 0.1) is 10.1 Å². The Morgan fingerprint density at radius 3 is 2.66 bits per heavy atom. The Labute approximate surface area is 164 Å². The Morgan fingerprint density at radius 2 is 1.86 bits per heavy atom. The molecule has 1 amide bonds. The van der Waals surface area contributed by atoms with Crippen LogP contribution in [0.25, 0.3) is 21.9 Å². The molecule has 1 aromatic heterocycles. The van der Waals surface area contributed by atoms with Crippen molar-refractivity contribution < 1.29 is 23.6 Å². The van der Waals surface area contributed by atoms with E-state index in [1.165, 1.54) is 25.3 Å². The summed E-state index contributed by atoms with van der Waals surface area (Å²) in [5.41, 5.74) is 1.78. The van der Waals surface area contributed by atoms with Crippen molar-refractivity contribution in [3.8, 4) is 11.5 Å². The number of ether oxygens (including phenoxy) is 2. The number of carbonyl (C=O) groups excluding carboxylic acids is 1. The predicted octanol–water partition coefficient (Wildman–Crippen LogP) is 4.52. The molecule has 1 N–H and O–H groups in total. The van der Waals surface area contributed by atoms with Crippen molar-refractivity contribution in [2.45, 2.75) is 0 Å². The number of hydrogen-bond acceptors (Lipinski definition) is 6. The third kappa shape index (κ3) is 3.68. The van der Waals surface area contributed by atoms with E-state index in [1.807, 2.05) is 30.3 Å². The second kappa shape index (κ2) is 7.51. The van der Waals surface area contributed by atoms with Crippen molar-refractivity contribution in [3.63, 3.8) is 0 Å². The smallest absolute Gasteiger partial charge is 0.314 e. The van der Waals surface area contributed by atoms with Gasteiger partial charge in [-0.05, 0) is 36.4 Å². The monoisotopic (exact) mass is 392 g/mol. The number of nitro benzene ring substituents is 1. The normalized spacial score (nSPS) is 10.8. The second-order valence-corrected chi connectivity index (χ2v) is 6.24. The number of methoxy groups -OCH3 is 1. The highest BCUT2D eigenvalue weighted by Crippen LogP contribution is 2.32. The van der Waals surface area contributed by atoms with E-state index in [1.54, 1.807) is 12.1 Å². The first-order valence-electron chi connectivity index (χ1n) is 8.71. The molecule has 8 nitrogen and oxygen atoms in total. The van der Waals surface area contributed by atoms with E-state index in [9.17, 15) is 14.9 Å². The molecule has 3 aromatic carbocycles. The highest BCUT2D eigenvalue weighted by Gasteiger charge is 2.18. The lowest BCUT2D eigenvalue weighted by Gasteiger charge is -2.09. The summed E-state index contributed by atoms with van der Waals surface area (Å²) in [6.45, 7) is -0.378. The molecule has 0 unspecified atom stereocenters. The Morgan fingerprint density at radius 1 is 1.07 bits per heavy atom. The molecule has 0 atom stereocenters. The fraction of sp³-hybridized carbons (Fsp3) is 0.0952. The first kappa shape index (κ1) is 18.3. The van der Waals surface area contributed by atoms with Crippen LogP contribution in [0.15, 0.2) is 65.1 Å². The van der Waals surface area contributed by atoms with Gasteiger partial charge in [0.05, 0.1) is 18.1 Å². The predicted molar refractivity (Wildman–Crippen MR) is 107 cm³/mol. The van der Waals surface area contributed by atoms with Crippen LogP contribution in [0.4, 0.5) is 11.4 Å². The average Bonchev–Trinajstić information content (AvgIpc) is 3.10. The first-order chi connectivity index (χ1) is 14.0. The zero-order valence-electron chi connectivity index (χ0n) is 15.4. The molecule has 0 radical (unpaired) electrons. The van der Waals surface area contributed by atoms with Crippen LogP contribution < -0.4 is 14.8 Å². The SMILES string of the molecule is COc1ccc(OCC(=O)Nc2ccc3oc4ccccc4c3c2)c([N+](=O)[O-])c1. The van der Waals surface area contributed by atoms with Gasteiger partial charge in [0.1, 0.15) is 16.9 Å². The topological polar surface area (TPSA) is 104 Å². The van der Waals surface area contributed by atoms with E-state index < -0.39 is 10.8 Å². The Kier molecular flexibility index (Phi) is 4.74. The summed E-state index contributed by atoms with van der Waals surface area (Å²) in [5.74, 6) is -0.126. The second-order valence-electron chi connectivity index (χ2n) is 6.24. The molecule has 0 aliphatic heterocycles. The zero-order chi connectivity index (χ0) is 20.4. The van der Waals surface area contributed by atoms with E-state index in [0.29, 0.717) is 17.0 Å². The highest BCUT2D eigenvalue weighted by atomic mass is 16.6. The van der Waals surface area contributed by atoms with Gasteiger partial charge in [-0.1, -0.05) is 18.2 Å². The first-order valence-corrected chi connectivity index (χ1v) is 8.71. The number of nitro groups is 1. The summed E-state index contributed by atoms with van der Waals surface area (Å²) in [5, 5.41) is 15.7. The van der Waals surface area contributed by atoms with Gasteiger partial charge >= 0.3 is 5.69 Å². The van der Waals surface area contributed by atoms with Gasteiger partial charge in [-0.2, -0.15) is 0 Å². The molecular formula is C21H16N2O6. The van der Waals surface area contributed by atoms with Crippen molar-refractivity contribution in [1.82, 2.24) is 0 Å². The van der Waals surface area contributed by atoms with Crippen LogP contribution >= 0.6 is 0 Å². The van der Waals surface area contributed by atoms with Crippen LogP contribution in [0.5, 0.6) is 11.5 Å². The molecular weight excluding hydrogens is 376 g/mol. The Balaban J connectivity index is 1.49. The number of carbonyl (C=O) groups is 1. The zero-order valence-corrected chi connectivity index (χ0v) is 15.4. The number of para-hydroxylation sites is 1. The standard InChI is InChI=1S/C21H16N2O6/c1-27-14-7-9-20(17(11-14)23(25)26)28-12-21(24)22-13-6-8-19-16(10-13)15-4-2-3-5-18(15)29-19/h2-11H,12H2,1H3,(H,22,24). The molecule has 4 rings (SSSR count). The number of rotatable bonds is 6. The Hall–Kier alpha value is -4.07. The minimum atomic E-state index is -0.590. The maximum absolute atomic E-state index is 12.3. The van der Waals surface area contributed by atoms with Crippen LogP contribution in [-0.4, -0.2) is 24.5 Å². The number of anilines is 1. The molecule has 146 valence electrons. The van der Waals surface area contributed by atoms with E-state index in [0.717, 1.165) is 16.4 Å². The number of nitrogens with one attached hydrogen (secondary N) is 1. The van der Waals surface area contributed by atoms with Crippen LogP contribution in [0.2, 0.25) is 0 Å². The molecule has 0 saturated heterocycles. The van der Waals surface area contributed by atoms with Gasteiger partial charge in [0.2, 0.25) is 0 Å².